The van der Waals surface area contributed by atoms with E-state index in [0.717, 1.165) is 0 Å². The average Bonchev–Trinajstić information content (AvgIpc) is 2.60. The van der Waals surface area contributed by atoms with Crippen LogP contribution in [0.4, 0.5) is 13.2 Å². The number of hydrogen-bond donors (Lipinski definition) is 2. The fourth-order valence-corrected chi connectivity index (χ4v) is 1.11. The Morgan fingerprint density at radius 2 is 2.19 bits per heavy atom. The summed E-state index contributed by atoms with van der Waals surface area (Å²) < 4.78 is 37.0. The van der Waals surface area contributed by atoms with E-state index in [1.54, 1.807) is 10.9 Å². The lowest BCUT2D eigenvalue weighted by atomic mass is 10.4. The summed E-state index contributed by atoms with van der Waals surface area (Å²) in [7, 11) is 0. The van der Waals surface area contributed by atoms with Crippen LogP contribution in [-0.4, -0.2) is 34.3 Å². The first-order valence-corrected chi connectivity index (χ1v) is 4.88. The minimum absolute atomic E-state index is 0.118. The summed E-state index contributed by atoms with van der Waals surface area (Å²) in [5.74, 6) is 0. The Balaban J connectivity index is 2.21. The fourth-order valence-electron chi connectivity index (χ4n) is 1.11. The number of alkyl halides is 3. The van der Waals surface area contributed by atoms with Crippen LogP contribution in [0, 0.1) is 0 Å². The third kappa shape index (κ3) is 5.08. The van der Waals surface area contributed by atoms with E-state index in [-0.39, 0.29) is 13.1 Å². The molecule has 1 aromatic heterocycles. The van der Waals surface area contributed by atoms with Crippen LogP contribution in [0.15, 0.2) is 6.20 Å². The molecule has 0 bridgehead atoms. The van der Waals surface area contributed by atoms with Gasteiger partial charge in [0, 0.05) is 25.8 Å². The molecule has 92 valence electrons. The van der Waals surface area contributed by atoms with Crippen LogP contribution in [0.25, 0.3) is 0 Å². The Bertz CT molecular complexity index is 309. The van der Waals surface area contributed by atoms with Crippen molar-refractivity contribution in [1.29, 1.82) is 0 Å². The van der Waals surface area contributed by atoms with E-state index < -0.39 is 12.6 Å². The Morgan fingerprint density at radius 3 is 2.81 bits per heavy atom. The second-order valence-electron chi connectivity index (χ2n) is 3.30. The van der Waals surface area contributed by atoms with Crippen LogP contribution in [0.5, 0.6) is 0 Å². The largest absolute Gasteiger partial charge is 0.390 e. The van der Waals surface area contributed by atoms with Gasteiger partial charge in [0.2, 0.25) is 0 Å². The molecule has 16 heavy (non-hydrogen) atoms. The quantitative estimate of drug-likeness (QED) is 0.697. The molecule has 0 fully saturated rings. The van der Waals surface area contributed by atoms with Crippen LogP contribution >= 0.6 is 0 Å². The van der Waals surface area contributed by atoms with E-state index in [4.69, 9.17) is 5.73 Å². The van der Waals surface area contributed by atoms with Gasteiger partial charge < -0.3 is 11.1 Å². The minimum atomic E-state index is -4.12. The highest BCUT2D eigenvalue weighted by Gasteiger charge is 2.25. The monoisotopic (exact) mass is 237 g/mol. The molecule has 1 heterocycles. The average molecular weight is 237 g/mol. The van der Waals surface area contributed by atoms with Gasteiger partial charge >= 0.3 is 6.18 Å². The smallest absolute Gasteiger partial charge is 0.329 e. The van der Waals surface area contributed by atoms with Crippen LogP contribution in [0.2, 0.25) is 0 Å². The van der Waals surface area contributed by atoms with Gasteiger partial charge in [0.25, 0.3) is 0 Å². The number of nitrogens with two attached hydrogens (primary N) is 1. The molecule has 0 saturated carbocycles. The lowest BCUT2D eigenvalue weighted by Gasteiger charge is -2.05. The summed E-state index contributed by atoms with van der Waals surface area (Å²) in [4.78, 5) is 0. The van der Waals surface area contributed by atoms with Crippen molar-refractivity contribution in [2.24, 2.45) is 5.73 Å². The zero-order chi connectivity index (χ0) is 12.0. The summed E-state index contributed by atoms with van der Waals surface area (Å²) in [5, 5.41) is 10.2. The second-order valence-corrected chi connectivity index (χ2v) is 3.30. The Morgan fingerprint density at radius 1 is 1.44 bits per heavy atom. The number of nitrogens with one attached hydrogen (secondary N) is 1. The molecule has 0 unspecified atom stereocenters. The van der Waals surface area contributed by atoms with Crippen molar-refractivity contribution in [2.75, 3.05) is 13.1 Å². The lowest BCUT2D eigenvalue weighted by molar-refractivity contribution is -0.133. The van der Waals surface area contributed by atoms with Gasteiger partial charge in [0.05, 0.1) is 18.7 Å². The maximum atomic E-state index is 11.8. The Hall–Kier alpha value is -1.15. The molecule has 0 spiro atoms. The van der Waals surface area contributed by atoms with Gasteiger partial charge in [-0.1, -0.05) is 5.21 Å². The van der Waals surface area contributed by atoms with Crippen LogP contribution in [-0.2, 0) is 13.1 Å². The van der Waals surface area contributed by atoms with Crippen molar-refractivity contribution < 1.29 is 13.2 Å². The summed E-state index contributed by atoms with van der Waals surface area (Å²) in [6.45, 7) is 1.16. The Labute approximate surface area is 90.8 Å². The predicted octanol–water partition coefficient (Wildman–Crippen LogP) is 0.279. The van der Waals surface area contributed by atoms with Crippen LogP contribution < -0.4 is 11.1 Å². The van der Waals surface area contributed by atoms with E-state index in [0.29, 0.717) is 18.8 Å². The summed E-state index contributed by atoms with van der Waals surface area (Å²) in [6.07, 6.45) is -3.30. The molecular formula is C8H14F3N5. The first-order chi connectivity index (χ1) is 7.51. The van der Waals surface area contributed by atoms with E-state index in [9.17, 15) is 13.2 Å². The van der Waals surface area contributed by atoms with Gasteiger partial charge in [0.15, 0.2) is 0 Å². The van der Waals surface area contributed by atoms with Gasteiger partial charge in [-0.15, -0.1) is 5.10 Å². The number of halogens is 3. The molecule has 0 radical (unpaired) electrons. The third-order valence-electron chi connectivity index (χ3n) is 1.84. The normalized spacial score (nSPS) is 12.0. The zero-order valence-electron chi connectivity index (χ0n) is 8.67. The van der Waals surface area contributed by atoms with Crippen molar-refractivity contribution in [1.82, 2.24) is 20.3 Å². The van der Waals surface area contributed by atoms with Gasteiger partial charge in [-0.05, 0) is 0 Å². The lowest BCUT2D eigenvalue weighted by Crippen LogP contribution is -2.21. The first-order valence-electron chi connectivity index (χ1n) is 4.88. The molecule has 5 nitrogen and oxygen atoms in total. The van der Waals surface area contributed by atoms with Gasteiger partial charge in [-0.3, -0.25) is 4.68 Å². The third-order valence-corrected chi connectivity index (χ3v) is 1.84. The number of hydrogen-bond acceptors (Lipinski definition) is 4. The van der Waals surface area contributed by atoms with Crippen molar-refractivity contribution >= 4 is 0 Å². The molecule has 8 heteroatoms. The van der Waals surface area contributed by atoms with Crippen molar-refractivity contribution in [2.45, 2.75) is 25.7 Å². The topological polar surface area (TPSA) is 68.8 Å². The highest BCUT2D eigenvalue weighted by molar-refractivity contribution is 4.91. The second kappa shape index (κ2) is 5.80. The molecule has 0 atom stereocenters. The molecule has 0 saturated heterocycles. The maximum absolute atomic E-state index is 11.8. The Kier molecular flexibility index (Phi) is 4.69. The van der Waals surface area contributed by atoms with Gasteiger partial charge in [-0.25, -0.2) is 0 Å². The number of rotatable bonds is 6. The highest BCUT2D eigenvalue weighted by Crippen LogP contribution is 2.18. The summed E-state index contributed by atoms with van der Waals surface area (Å²) >= 11 is 0. The predicted molar refractivity (Wildman–Crippen MR) is 51.5 cm³/mol. The molecule has 0 aliphatic rings. The first kappa shape index (κ1) is 12.9. The van der Waals surface area contributed by atoms with E-state index in [1.807, 2.05) is 0 Å². The highest BCUT2D eigenvalue weighted by atomic mass is 19.4. The van der Waals surface area contributed by atoms with Gasteiger partial charge in [0.1, 0.15) is 0 Å². The van der Waals surface area contributed by atoms with Crippen molar-refractivity contribution in [3.63, 3.8) is 0 Å². The van der Waals surface area contributed by atoms with Gasteiger partial charge in [-0.2, -0.15) is 13.2 Å². The fraction of sp³-hybridized carbons (Fsp3) is 0.750. The van der Waals surface area contributed by atoms with Crippen molar-refractivity contribution in [3.8, 4) is 0 Å². The number of aromatic nitrogens is 3. The van der Waals surface area contributed by atoms with E-state index in [2.05, 4.69) is 15.6 Å². The molecule has 0 aliphatic heterocycles. The molecule has 1 rings (SSSR count). The molecule has 0 aliphatic carbocycles. The summed E-state index contributed by atoms with van der Waals surface area (Å²) in [6, 6.07) is 0. The zero-order valence-corrected chi connectivity index (χ0v) is 8.67. The van der Waals surface area contributed by atoms with Crippen LogP contribution in [0.3, 0.4) is 0 Å². The SMILES string of the molecule is NCCn1cc(CNCCC(F)(F)F)nn1. The maximum Gasteiger partial charge on any atom is 0.390 e. The van der Waals surface area contributed by atoms with E-state index in [1.165, 1.54) is 0 Å². The number of nitrogens with zero attached hydrogens (tertiary/aromatic N) is 3. The minimum Gasteiger partial charge on any atom is -0.329 e. The van der Waals surface area contributed by atoms with E-state index >= 15 is 0 Å². The summed E-state index contributed by atoms with van der Waals surface area (Å²) in [5.41, 5.74) is 5.92. The molecule has 0 amide bonds. The molecule has 3 N–H and O–H groups in total. The standard InChI is InChI=1S/C8H14F3N5/c9-8(10,11)1-3-13-5-7-6-16(4-2-12)15-14-7/h6,13H,1-5,12H2. The molecule has 0 aromatic carbocycles. The molecule has 1 aromatic rings. The van der Waals surface area contributed by atoms with Crippen molar-refractivity contribution in [3.05, 3.63) is 11.9 Å². The van der Waals surface area contributed by atoms with Crippen LogP contribution in [0.1, 0.15) is 12.1 Å². The molecular weight excluding hydrogens is 223 g/mol.